The number of ether oxygens (including phenoxy) is 1. The number of alkyl halides is 2. The molecule has 6 heteroatoms. The van der Waals surface area contributed by atoms with Gasteiger partial charge in [-0.25, -0.2) is 4.98 Å². The van der Waals surface area contributed by atoms with E-state index < -0.39 is 6.61 Å². The first-order chi connectivity index (χ1) is 8.24. The summed E-state index contributed by atoms with van der Waals surface area (Å²) in [4.78, 5) is 4.12. The molecule has 1 heterocycles. The van der Waals surface area contributed by atoms with Gasteiger partial charge in [-0.3, -0.25) is 0 Å². The van der Waals surface area contributed by atoms with Crippen molar-refractivity contribution in [2.24, 2.45) is 0 Å². The van der Waals surface area contributed by atoms with Gasteiger partial charge in [0.05, 0.1) is 17.7 Å². The number of anilines is 1. The van der Waals surface area contributed by atoms with Crippen LogP contribution in [0.25, 0.3) is 0 Å². The van der Waals surface area contributed by atoms with Gasteiger partial charge in [-0.1, -0.05) is 0 Å². The third-order valence-electron chi connectivity index (χ3n) is 2.04. The number of hydrogen-bond acceptors (Lipinski definition) is 4. The van der Waals surface area contributed by atoms with E-state index in [2.05, 4.69) is 15.0 Å². The summed E-state index contributed by atoms with van der Waals surface area (Å²) < 4.78 is 28.1. The fourth-order valence-corrected chi connectivity index (χ4v) is 1.83. The molecule has 0 bridgehead atoms. The SMILES string of the molecule is FC(F)Oc1ccc(NCc2cscn2)cc1. The maximum Gasteiger partial charge on any atom is 0.387 e. The van der Waals surface area contributed by atoms with Crippen LogP contribution in [0.5, 0.6) is 5.75 Å². The van der Waals surface area contributed by atoms with Crippen molar-refractivity contribution in [1.82, 2.24) is 4.98 Å². The zero-order valence-electron chi connectivity index (χ0n) is 8.77. The first-order valence-corrected chi connectivity index (χ1v) is 5.84. The molecule has 0 aliphatic heterocycles. The Kier molecular flexibility index (Phi) is 3.87. The van der Waals surface area contributed by atoms with E-state index in [1.807, 2.05) is 5.38 Å². The first kappa shape index (κ1) is 11.8. The van der Waals surface area contributed by atoms with Crippen molar-refractivity contribution in [3.63, 3.8) is 0 Å². The van der Waals surface area contributed by atoms with Crippen LogP contribution in [0.4, 0.5) is 14.5 Å². The van der Waals surface area contributed by atoms with Crippen molar-refractivity contribution in [3.05, 3.63) is 40.8 Å². The van der Waals surface area contributed by atoms with Gasteiger partial charge in [0.1, 0.15) is 5.75 Å². The molecule has 1 aromatic heterocycles. The molecule has 0 saturated heterocycles. The predicted octanol–water partition coefficient (Wildman–Crippen LogP) is 3.36. The number of thiazole rings is 1. The molecule has 3 nitrogen and oxygen atoms in total. The highest BCUT2D eigenvalue weighted by molar-refractivity contribution is 7.07. The summed E-state index contributed by atoms with van der Waals surface area (Å²) in [6, 6.07) is 6.36. The Hall–Kier alpha value is -1.69. The number of benzene rings is 1. The van der Waals surface area contributed by atoms with E-state index >= 15 is 0 Å². The predicted molar refractivity (Wildman–Crippen MR) is 62.5 cm³/mol. The highest BCUT2D eigenvalue weighted by atomic mass is 32.1. The average Bonchev–Trinajstić information content (AvgIpc) is 2.80. The molecule has 2 aromatic rings. The second-order valence-electron chi connectivity index (χ2n) is 3.24. The van der Waals surface area contributed by atoms with Gasteiger partial charge >= 0.3 is 6.61 Å². The monoisotopic (exact) mass is 256 g/mol. The number of rotatable bonds is 5. The summed E-state index contributed by atoms with van der Waals surface area (Å²) in [5.74, 6) is 0.152. The molecule has 17 heavy (non-hydrogen) atoms. The van der Waals surface area contributed by atoms with Gasteiger partial charge in [-0.2, -0.15) is 8.78 Å². The maximum atomic E-state index is 11.9. The standard InChI is InChI=1S/C11H10F2N2OS/c12-11(13)16-10-3-1-8(2-4-10)14-5-9-6-17-7-15-9/h1-4,6-7,11,14H,5H2. The van der Waals surface area contributed by atoms with E-state index in [1.54, 1.807) is 17.6 Å². The van der Waals surface area contributed by atoms with E-state index in [1.165, 1.54) is 23.5 Å². The Labute approximate surface area is 101 Å². The Morgan fingerprint density at radius 1 is 1.29 bits per heavy atom. The summed E-state index contributed by atoms with van der Waals surface area (Å²) in [5, 5.41) is 5.07. The van der Waals surface area contributed by atoms with Crippen molar-refractivity contribution in [2.45, 2.75) is 13.2 Å². The Bertz CT molecular complexity index is 445. The molecule has 0 aliphatic rings. The number of nitrogens with zero attached hydrogens (tertiary/aromatic N) is 1. The Morgan fingerprint density at radius 2 is 2.06 bits per heavy atom. The van der Waals surface area contributed by atoms with Crippen LogP contribution >= 0.6 is 11.3 Å². The van der Waals surface area contributed by atoms with Gasteiger partial charge in [0.15, 0.2) is 0 Å². The zero-order valence-corrected chi connectivity index (χ0v) is 9.58. The van der Waals surface area contributed by atoms with Crippen LogP contribution in [0.2, 0.25) is 0 Å². The van der Waals surface area contributed by atoms with Gasteiger partial charge in [0, 0.05) is 11.1 Å². The molecule has 0 amide bonds. The van der Waals surface area contributed by atoms with Crippen LogP contribution in [0.1, 0.15) is 5.69 Å². The molecule has 0 spiro atoms. The molecule has 0 radical (unpaired) electrons. The summed E-state index contributed by atoms with van der Waals surface area (Å²) >= 11 is 1.53. The topological polar surface area (TPSA) is 34.1 Å². The summed E-state index contributed by atoms with van der Waals surface area (Å²) in [6.07, 6.45) is 0. The molecule has 0 aliphatic carbocycles. The molecule has 1 N–H and O–H groups in total. The largest absolute Gasteiger partial charge is 0.435 e. The number of halogens is 2. The molecule has 0 unspecified atom stereocenters. The van der Waals surface area contributed by atoms with Gasteiger partial charge in [0.2, 0.25) is 0 Å². The van der Waals surface area contributed by atoms with E-state index in [9.17, 15) is 8.78 Å². The summed E-state index contributed by atoms with van der Waals surface area (Å²) in [7, 11) is 0. The number of hydrogen-bond donors (Lipinski definition) is 1. The molecular weight excluding hydrogens is 246 g/mol. The first-order valence-electron chi connectivity index (χ1n) is 4.90. The fourth-order valence-electron chi connectivity index (χ4n) is 1.27. The van der Waals surface area contributed by atoms with Crippen molar-refractivity contribution in [2.75, 3.05) is 5.32 Å². The fraction of sp³-hybridized carbons (Fsp3) is 0.182. The van der Waals surface area contributed by atoms with Gasteiger partial charge in [0.25, 0.3) is 0 Å². The van der Waals surface area contributed by atoms with Crippen LogP contribution in [0.3, 0.4) is 0 Å². The van der Waals surface area contributed by atoms with Crippen molar-refractivity contribution < 1.29 is 13.5 Å². The normalized spacial score (nSPS) is 10.5. The smallest absolute Gasteiger partial charge is 0.387 e. The number of nitrogens with one attached hydrogen (secondary N) is 1. The third kappa shape index (κ3) is 3.67. The highest BCUT2D eigenvalue weighted by Gasteiger charge is 2.03. The third-order valence-corrected chi connectivity index (χ3v) is 2.67. The summed E-state index contributed by atoms with van der Waals surface area (Å²) in [5.41, 5.74) is 3.54. The molecule has 1 aromatic carbocycles. The summed E-state index contributed by atoms with van der Waals surface area (Å²) in [6.45, 7) is -2.18. The molecule has 0 saturated carbocycles. The van der Waals surface area contributed by atoms with Crippen LogP contribution in [0, 0.1) is 0 Å². The second kappa shape index (κ2) is 5.58. The van der Waals surface area contributed by atoms with E-state index in [-0.39, 0.29) is 5.75 Å². The highest BCUT2D eigenvalue weighted by Crippen LogP contribution is 2.18. The lowest BCUT2D eigenvalue weighted by molar-refractivity contribution is -0.0498. The zero-order chi connectivity index (χ0) is 12.1. The van der Waals surface area contributed by atoms with Crippen LogP contribution < -0.4 is 10.1 Å². The van der Waals surface area contributed by atoms with Crippen molar-refractivity contribution in [3.8, 4) is 5.75 Å². The van der Waals surface area contributed by atoms with Gasteiger partial charge in [-0.05, 0) is 24.3 Å². The van der Waals surface area contributed by atoms with Crippen molar-refractivity contribution in [1.29, 1.82) is 0 Å². The minimum absolute atomic E-state index is 0.152. The van der Waals surface area contributed by atoms with Gasteiger partial charge < -0.3 is 10.1 Å². The molecule has 0 fully saturated rings. The lowest BCUT2D eigenvalue weighted by Gasteiger charge is -2.07. The second-order valence-corrected chi connectivity index (χ2v) is 3.95. The van der Waals surface area contributed by atoms with Crippen LogP contribution in [-0.2, 0) is 6.54 Å². The van der Waals surface area contributed by atoms with Crippen molar-refractivity contribution >= 4 is 17.0 Å². The van der Waals surface area contributed by atoms with E-state index in [0.29, 0.717) is 6.54 Å². The van der Waals surface area contributed by atoms with Gasteiger partial charge in [-0.15, -0.1) is 11.3 Å². The lowest BCUT2D eigenvalue weighted by atomic mass is 10.3. The number of aromatic nitrogens is 1. The Morgan fingerprint density at radius 3 is 2.65 bits per heavy atom. The van der Waals surface area contributed by atoms with E-state index in [0.717, 1.165) is 11.4 Å². The maximum absolute atomic E-state index is 11.9. The molecule has 2 rings (SSSR count). The van der Waals surface area contributed by atoms with Crippen LogP contribution in [-0.4, -0.2) is 11.6 Å². The molecular formula is C11H10F2N2OS. The minimum Gasteiger partial charge on any atom is -0.435 e. The molecule has 0 atom stereocenters. The van der Waals surface area contributed by atoms with E-state index in [4.69, 9.17) is 0 Å². The minimum atomic E-state index is -2.79. The Balaban J connectivity index is 1.89. The quantitative estimate of drug-likeness (QED) is 0.890. The molecule has 90 valence electrons. The average molecular weight is 256 g/mol. The lowest BCUT2D eigenvalue weighted by Crippen LogP contribution is -2.02. The van der Waals surface area contributed by atoms with Crippen LogP contribution in [0.15, 0.2) is 35.2 Å².